The highest BCUT2D eigenvalue weighted by Crippen LogP contribution is 2.39. The van der Waals surface area contributed by atoms with Gasteiger partial charge in [0.1, 0.15) is 6.61 Å². The first-order chi connectivity index (χ1) is 20.6. The van der Waals surface area contributed by atoms with Crippen molar-refractivity contribution < 1.29 is 45.8 Å². The predicted molar refractivity (Wildman–Crippen MR) is 148 cm³/mol. The highest BCUT2D eigenvalue weighted by Gasteiger charge is 2.41. The maximum Gasteiger partial charge on any atom is 0.416 e. The molecule has 2 heterocycles. The van der Waals surface area contributed by atoms with Crippen LogP contribution in [-0.2, 0) is 33.3 Å². The van der Waals surface area contributed by atoms with E-state index in [4.69, 9.17) is 5.11 Å². The summed E-state index contributed by atoms with van der Waals surface area (Å²) in [5, 5.41) is 9.12. The molecule has 0 radical (unpaired) electrons. The second-order valence-corrected chi connectivity index (χ2v) is 11.6. The average Bonchev–Trinajstić information content (AvgIpc) is 2.99. The summed E-state index contributed by atoms with van der Waals surface area (Å²) in [7, 11) is 1.35. The number of amides is 3. The fourth-order valence-electron chi connectivity index (χ4n) is 6.25. The molecule has 0 aromatic heterocycles. The summed E-state index contributed by atoms with van der Waals surface area (Å²) < 4.78 is 80.4. The molecule has 4 rings (SSSR count). The molecule has 2 atom stereocenters. The molecule has 7 nitrogen and oxygen atoms in total. The Kier molecular flexibility index (Phi) is 9.96. The lowest BCUT2D eigenvalue weighted by atomic mass is 9.77. The van der Waals surface area contributed by atoms with Crippen LogP contribution in [0.5, 0.6) is 0 Å². The number of hydrogen-bond acceptors (Lipinski definition) is 4. The first-order valence-corrected chi connectivity index (χ1v) is 14.4. The van der Waals surface area contributed by atoms with Gasteiger partial charge in [0, 0.05) is 57.5 Å². The lowest BCUT2D eigenvalue weighted by Crippen LogP contribution is -2.51. The van der Waals surface area contributed by atoms with Crippen LogP contribution in [-0.4, -0.2) is 77.4 Å². The number of benzene rings is 2. The SMILES string of the molecule is Cc1ccccc1C1CN(C(=O)C2CCN(C(=O)CO)CC2)CC[C@@H]1C(=O)N(C)Cc1cc(C(F)(F)F)cc(C(F)(F)F)c1. The molecule has 0 aliphatic carbocycles. The number of halogens is 6. The fraction of sp³-hybridized carbons (Fsp3) is 0.516. The van der Waals surface area contributed by atoms with Gasteiger partial charge in [0.25, 0.3) is 0 Å². The van der Waals surface area contributed by atoms with Gasteiger partial charge >= 0.3 is 12.4 Å². The molecule has 13 heteroatoms. The molecule has 2 aliphatic heterocycles. The van der Waals surface area contributed by atoms with E-state index >= 15 is 0 Å². The quantitative estimate of drug-likeness (QED) is 0.465. The minimum atomic E-state index is -5.00. The van der Waals surface area contributed by atoms with E-state index in [9.17, 15) is 40.7 Å². The van der Waals surface area contributed by atoms with E-state index in [1.54, 1.807) is 4.90 Å². The summed E-state index contributed by atoms with van der Waals surface area (Å²) in [6.07, 6.45) is -8.86. The first-order valence-electron chi connectivity index (χ1n) is 14.4. The Morgan fingerprint density at radius 1 is 0.886 bits per heavy atom. The van der Waals surface area contributed by atoms with Crippen LogP contribution in [0, 0.1) is 18.8 Å². The van der Waals surface area contributed by atoms with Crippen molar-refractivity contribution in [2.24, 2.45) is 11.8 Å². The topological polar surface area (TPSA) is 81.2 Å². The standard InChI is InChI=1S/C31H35F6N3O4/c1-19-5-3-4-6-24(19)26-17-40(28(43)21-7-10-39(11-8-21)27(42)18-41)12-9-25(26)29(44)38(2)16-20-13-22(30(32,33)34)15-23(14-20)31(35,36)37/h3-6,13-15,21,25-26,41H,7-12,16-18H2,1-2H3/t25-,26?/m0/s1. The van der Waals surface area contributed by atoms with Crippen molar-refractivity contribution >= 4 is 17.7 Å². The van der Waals surface area contributed by atoms with E-state index in [0.29, 0.717) is 38.1 Å². The number of piperidine rings is 2. The van der Waals surface area contributed by atoms with E-state index in [-0.39, 0.29) is 43.0 Å². The zero-order valence-corrected chi connectivity index (χ0v) is 24.4. The van der Waals surface area contributed by atoms with Crippen LogP contribution in [0.2, 0.25) is 0 Å². The number of alkyl halides is 6. The molecule has 0 saturated carbocycles. The monoisotopic (exact) mass is 627 g/mol. The molecular formula is C31H35F6N3O4. The molecule has 3 amide bonds. The molecule has 2 fully saturated rings. The van der Waals surface area contributed by atoms with Crippen molar-refractivity contribution in [2.75, 3.05) is 39.8 Å². The van der Waals surface area contributed by atoms with Gasteiger partial charge in [-0.25, -0.2) is 0 Å². The molecule has 0 spiro atoms. The minimum Gasteiger partial charge on any atom is -0.387 e. The average molecular weight is 628 g/mol. The Morgan fingerprint density at radius 2 is 1.45 bits per heavy atom. The Labute approximate surface area is 251 Å². The molecule has 2 aromatic rings. The van der Waals surface area contributed by atoms with Crippen LogP contribution in [0.3, 0.4) is 0 Å². The van der Waals surface area contributed by atoms with Crippen molar-refractivity contribution in [3.05, 3.63) is 70.3 Å². The Morgan fingerprint density at radius 3 is 2.00 bits per heavy atom. The van der Waals surface area contributed by atoms with Crippen LogP contribution in [0.15, 0.2) is 42.5 Å². The highest BCUT2D eigenvalue weighted by molar-refractivity contribution is 5.83. The largest absolute Gasteiger partial charge is 0.416 e. The molecular weight excluding hydrogens is 592 g/mol. The van der Waals surface area contributed by atoms with E-state index in [0.717, 1.165) is 16.0 Å². The Bertz CT molecular complexity index is 1340. The number of nitrogens with zero attached hydrogens (tertiary/aromatic N) is 3. The van der Waals surface area contributed by atoms with Gasteiger partial charge < -0.3 is 19.8 Å². The van der Waals surface area contributed by atoms with E-state index in [1.165, 1.54) is 11.9 Å². The zero-order chi connectivity index (χ0) is 32.4. The lowest BCUT2D eigenvalue weighted by Gasteiger charge is -2.42. The number of aliphatic hydroxyl groups is 1. The second-order valence-electron chi connectivity index (χ2n) is 11.6. The van der Waals surface area contributed by atoms with Gasteiger partial charge in [-0.1, -0.05) is 24.3 Å². The number of aliphatic hydroxyl groups excluding tert-OH is 1. The smallest absolute Gasteiger partial charge is 0.387 e. The zero-order valence-electron chi connectivity index (χ0n) is 24.4. The summed E-state index contributed by atoms with van der Waals surface area (Å²) in [4.78, 5) is 43.5. The van der Waals surface area contributed by atoms with Gasteiger partial charge in [0.2, 0.25) is 17.7 Å². The Balaban J connectivity index is 1.54. The molecule has 2 saturated heterocycles. The van der Waals surface area contributed by atoms with Gasteiger partial charge in [-0.15, -0.1) is 0 Å². The molecule has 2 aliphatic rings. The van der Waals surface area contributed by atoms with Crippen LogP contribution >= 0.6 is 0 Å². The van der Waals surface area contributed by atoms with Crippen LogP contribution < -0.4 is 0 Å². The number of likely N-dealkylation sites (tertiary alicyclic amines) is 2. The third kappa shape index (κ3) is 7.54. The minimum absolute atomic E-state index is 0.0562. The summed E-state index contributed by atoms with van der Waals surface area (Å²) in [5.74, 6) is -2.36. The molecule has 2 aromatic carbocycles. The highest BCUT2D eigenvalue weighted by atomic mass is 19.4. The molecule has 240 valence electrons. The van der Waals surface area contributed by atoms with Crippen LogP contribution in [0.1, 0.15) is 53.0 Å². The van der Waals surface area contributed by atoms with Crippen LogP contribution in [0.25, 0.3) is 0 Å². The third-order valence-corrected chi connectivity index (χ3v) is 8.61. The van der Waals surface area contributed by atoms with Crippen LogP contribution in [0.4, 0.5) is 26.3 Å². The van der Waals surface area contributed by atoms with Gasteiger partial charge in [-0.2, -0.15) is 26.3 Å². The number of carbonyl (C=O) groups is 3. The van der Waals surface area contributed by atoms with Crippen molar-refractivity contribution in [2.45, 2.75) is 51.0 Å². The second kappa shape index (κ2) is 13.2. The predicted octanol–water partition coefficient (Wildman–Crippen LogP) is 4.85. The maximum atomic E-state index is 13.8. The van der Waals surface area contributed by atoms with E-state index in [2.05, 4.69) is 0 Å². The summed E-state index contributed by atoms with van der Waals surface area (Å²) in [6, 6.07) is 8.67. The normalized spacial score (nSPS) is 20.0. The summed E-state index contributed by atoms with van der Waals surface area (Å²) >= 11 is 0. The number of hydrogen-bond donors (Lipinski definition) is 1. The van der Waals surface area contributed by atoms with Gasteiger partial charge in [0.15, 0.2) is 0 Å². The molecule has 44 heavy (non-hydrogen) atoms. The number of aryl methyl sites for hydroxylation is 1. The van der Waals surface area contributed by atoms with Gasteiger partial charge in [-0.05, 0) is 61.1 Å². The van der Waals surface area contributed by atoms with Gasteiger partial charge in [0.05, 0.1) is 11.1 Å². The van der Waals surface area contributed by atoms with Gasteiger partial charge in [-0.3, -0.25) is 14.4 Å². The lowest BCUT2D eigenvalue weighted by molar-refractivity contribution is -0.145. The van der Waals surface area contributed by atoms with E-state index in [1.807, 2.05) is 31.2 Å². The first kappa shape index (κ1) is 33.3. The Hall–Kier alpha value is -3.61. The molecule has 0 bridgehead atoms. The fourth-order valence-corrected chi connectivity index (χ4v) is 6.25. The van der Waals surface area contributed by atoms with Crippen molar-refractivity contribution in [1.82, 2.24) is 14.7 Å². The third-order valence-electron chi connectivity index (χ3n) is 8.61. The van der Waals surface area contributed by atoms with Crippen molar-refractivity contribution in [3.8, 4) is 0 Å². The summed E-state index contributed by atoms with van der Waals surface area (Å²) in [5.41, 5.74) is -1.47. The van der Waals surface area contributed by atoms with Crippen molar-refractivity contribution in [1.29, 1.82) is 0 Å². The number of carbonyl (C=O) groups excluding carboxylic acids is 3. The molecule has 1 N–H and O–H groups in total. The maximum absolute atomic E-state index is 13.8. The van der Waals surface area contributed by atoms with Crippen molar-refractivity contribution in [3.63, 3.8) is 0 Å². The number of rotatable bonds is 6. The summed E-state index contributed by atoms with van der Waals surface area (Å²) in [6.45, 7) is 1.98. The van der Waals surface area contributed by atoms with E-state index < -0.39 is 60.3 Å². The molecule has 1 unspecified atom stereocenters.